The summed E-state index contributed by atoms with van der Waals surface area (Å²) in [4.78, 5) is 30.1. The number of amides is 1. The van der Waals surface area contributed by atoms with Crippen LogP contribution in [0, 0.1) is 0 Å². The van der Waals surface area contributed by atoms with Gasteiger partial charge < -0.3 is 14.4 Å². The van der Waals surface area contributed by atoms with Gasteiger partial charge in [-0.25, -0.2) is 9.78 Å². The molecule has 0 spiro atoms. The Morgan fingerprint density at radius 2 is 2.04 bits per heavy atom. The second-order valence-electron chi connectivity index (χ2n) is 4.96. The molecule has 0 aliphatic rings. The van der Waals surface area contributed by atoms with Crippen molar-refractivity contribution >= 4 is 46.4 Å². The number of nitrogens with zero attached hydrogens (tertiary/aromatic N) is 2. The fourth-order valence-corrected chi connectivity index (χ4v) is 3.30. The van der Waals surface area contributed by atoms with E-state index in [0.717, 1.165) is 0 Å². The molecule has 1 aromatic heterocycles. The lowest BCUT2D eigenvalue weighted by molar-refractivity contribution is 0.0594. The summed E-state index contributed by atoms with van der Waals surface area (Å²) < 4.78 is 9.71. The van der Waals surface area contributed by atoms with Crippen molar-refractivity contribution in [3.63, 3.8) is 0 Å². The van der Waals surface area contributed by atoms with E-state index in [1.807, 2.05) is 0 Å². The Morgan fingerprint density at radius 3 is 2.68 bits per heavy atom. The van der Waals surface area contributed by atoms with Crippen molar-refractivity contribution in [3.8, 4) is 0 Å². The largest absolute Gasteiger partial charge is 0.464 e. The molecule has 9 heteroatoms. The molecule has 25 heavy (non-hydrogen) atoms. The number of esters is 1. The summed E-state index contributed by atoms with van der Waals surface area (Å²) in [6.07, 6.45) is 0. The Hall–Kier alpha value is -1.67. The monoisotopic (exact) mass is 402 g/mol. The zero-order valence-corrected chi connectivity index (χ0v) is 16.0. The van der Waals surface area contributed by atoms with Crippen molar-refractivity contribution in [2.75, 3.05) is 27.4 Å². The molecule has 6 nitrogen and oxygen atoms in total. The third-order valence-corrected chi connectivity index (χ3v) is 4.67. The smallest absolute Gasteiger partial charge is 0.357 e. The van der Waals surface area contributed by atoms with Crippen LogP contribution in [0.1, 0.15) is 25.9 Å². The number of benzene rings is 1. The van der Waals surface area contributed by atoms with Crippen LogP contribution in [0.5, 0.6) is 0 Å². The van der Waals surface area contributed by atoms with Crippen molar-refractivity contribution in [2.24, 2.45) is 0 Å². The number of hydrogen-bond donors (Lipinski definition) is 0. The van der Waals surface area contributed by atoms with Crippen LogP contribution in [0.25, 0.3) is 0 Å². The Kier molecular flexibility index (Phi) is 7.19. The van der Waals surface area contributed by atoms with E-state index in [1.165, 1.54) is 24.5 Å². The molecule has 1 heterocycles. The number of rotatable bonds is 7. The van der Waals surface area contributed by atoms with Gasteiger partial charge in [-0.05, 0) is 18.2 Å². The van der Waals surface area contributed by atoms with E-state index >= 15 is 0 Å². The van der Waals surface area contributed by atoms with E-state index in [4.69, 9.17) is 27.9 Å². The molecule has 1 amide bonds. The van der Waals surface area contributed by atoms with Gasteiger partial charge in [-0.2, -0.15) is 0 Å². The van der Waals surface area contributed by atoms with E-state index in [-0.39, 0.29) is 23.2 Å². The highest BCUT2D eigenvalue weighted by atomic mass is 35.5. The Balaban J connectivity index is 2.21. The van der Waals surface area contributed by atoms with Gasteiger partial charge in [0.25, 0.3) is 5.91 Å². The van der Waals surface area contributed by atoms with E-state index in [0.29, 0.717) is 28.7 Å². The fraction of sp³-hybridized carbons (Fsp3) is 0.312. The molecule has 2 aromatic rings. The van der Waals surface area contributed by atoms with Gasteiger partial charge in [-0.15, -0.1) is 11.3 Å². The van der Waals surface area contributed by atoms with Crippen LogP contribution in [0.3, 0.4) is 0 Å². The van der Waals surface area contributed by atoms with Gasteiger partial charge in [0.1, 0.15) is 5.01 Å². The second-order valence-corrected chi connectivity index (χ2v) is 6.75. The number of hydrogen-bond acceptors (Lipinski definition) is 6. The van der Waals surface area contributed by atoms with E-state index in [9.17, 15) is 9.59 Å². The van der Waals surface area contributed by atoms with Gasteiger partial charge in [0.05, 0.1) is 30.8 Å². The minimum atomic E-state index is -0.516. The van der Waals surface area contributed by atoms with Crippen LogP contribution in [0.15, 0.2) is 23.6 Å². The number of carbonyl (C=O) groups excluding carboxylic acids is 2. The molecule has 0 bridgehead atoms. The van der Waals surface area contributed by atoms with Gasteiger partial charge in [-0.3, -0.25) is 4.79 Å². The molecule has 0 saturated carbocycles. The van der Waals surface area contributed by atoms with Gasteiger partial charge in [-0.1, -0.05) is 23.2 Å². The summed E-state index contributed by atoms with van der Waals surface area (Å²) in [6.45, 7) is 0.927. The van der Waals surface area contributed by atoms with E-state index in [2.05, 4.69) is 9.72 Å². The zero-order chi connectivity index (χ0) is 18.4. The molecule has 0 aliphatic heterocycles. The van der Waals surface area contributed by atoms with Crippen molar-refractivity contribution in [2.45, 2.75) is 6.54 Å². The lowest BCUT2D eigenvalue weighted by Gasteiger charge is -2.22. The molecule has 1 aromatic carbocycles. The maximum absolute atomic E-state index is 12.8. The van der Waals surface area contributed by atoms with Crippen LogP contribution in [0.2, 0.25) is 10.0 Å². The van der Waals surface area contributed by atoms with E-state index in [1.54, 1.807) is 29.5 Å². The molecule has 0 aliphatic carbocycles. The summed E-state index contributed by atoms with van der Waals surface area (Å²) in [6, 6.07) is 4.70. The molecular formula is C16H16Cl2N2O4S. The number of carbonyl (C=O) groups is 2. The first-order valence-corrected chi connectivity index (χ1v) is 8.85. The average Bonchev–Trinajstić information content (AvgIpc) is 3.06. The standard InChI is InChI=1S/C16H16Cl2N2O4S/c1-23-6-5-20(8-14-19-13(9-25-14)16(22)24-2)15(21)11-4-3-10(17)7-12(11)18/h3-4,7,9H,5-6,8H2,1-2H3. The van der Waals surface area contributed by atoms with Crippen molar-refractivity contribution in [3.05, 3.63) is 49.9 Å². The molecule has 0 fully saturated rings. The Bertz CT molecular complexity index is 766. The maximum atomic E-state index is 12.8. The van der Waals surface area contributed by atoms with Crippen LogP contribution in [-0.4, -0.2) is 49.1 Å². The quantitative estimate of drug-likeness (QED) is 0.662. The SMILES string of the molecule is COCCN(Cc1nc(C(=O)OC)cs1)C(=O)c1ccc(Cl)cc1Cl. The number of ether oxygens (including phenoxy) is 2. The first kappa shape index (κ1) is 19.7. The van der Waals surface area contributed by atoms with Crippen LogP contribution in [-0.2, 0) is 16.0 Å². The lowest BCUT2D eigenvalue weighted by Crippen LogP contribution is -2.33. The molecule has 134 valence electrons. The zero-order valence-electron chi connectivity index (χ0n) is 13.6. The summed E-state index contributed by atoms with van der Waals surface area (Å²) in [5.74, 6) is -0.786. The second kappa shape index (κ2) is 9.15. The van der Waals surface area contributed by atoms with Crippen molar-refractivity contribution < 1.29 is 19.1 Å². The van der Waals surface area contributed by atoms with Crippen LogP contribution < -0.4 is 0 Å². The normalized spacial score (nSPS) is 10.6. The van der Waals surface area contributed by atoms with Crippen molar-refractivity contribution in [1.29, 1.82) is 0 Å². The molecule has 0 radical (unpaired) electrons. The predicted octanol–water partition coefficient (Wildman–Crippen LogP) is 3.53. The summed E-state index contributed by atoms with van der Waals surface area (Å²) in [5, 5.41) is 2.92. The molecular weight excluding hydrogens is 387 g/mol. The fourth-order valence-electron chi connectivity index (χ4n) is 2.03. The Labute approximate surface area is 159 Å². The highest BCUT2D eigenvalue weighted by Gasteiger charge is 2.21. The first-order valence-electron chi connectivity index (χ1n) is 7.22. The topological polar surface area (TPSA) is 68.7 Å². The predicted molar refractivity (Wildman–Crippen MR) is 96.5 cm³/mol. The van der Waals surface area contributed by atoms with Crippen LogP contribution >= 0.6 is 34.5 Å². The molecule has 0 atom stereocenters. The Morgan fingerprint density at radius 1 is 1.28 bits per heavy atom. The number of methoxy groups -OCH3 is 2. The number of aromatic nitrogens is 1. The van der Waals surface area contributed by atoms with Gasteiger partial charge in [0.2, 0.25) is 0 Å². The third kappa shape index (κ3) is 5.15. The molecule has 0 saturated heterocycles. The highest BCUT2D eigenvalue weighted by Crippen LogP contribution is 2.23. The summed E-state index contributed by atoms with van der Waals surface area (Å²) in [5.41, 5.74) is 0.554. The molecule has 2 rings (SSSR count). The minimum absolute atomic E-state index is 0.214. The van der Waals surface area contributed by atoms with Crippen molar-refractivity contribution in [1.82, 2.24) is 9.88 Å². The van der Waals surface area contributed by atoms with E-state index < -0.39 is 5.97 Å². The summed E-state index contributed by atoms with van der Waals surface area (Å²) in [7, 11) is 2.84. The van der Waals surface area contributed by atoms with Gasteiger partial charge in [0, 0.05) is 24.1 Å². The molecule has 0 unspecified atom stereocenters. The average molecular weight is 403 g/mol. The lowest BCUT2D eigenvalue weighted by atomic mass is 10.2. The third-order valence-electron chi connectivity index (χ3n) is 3.29. The highest BCUT2D eigenvalue weighted by molar-refractivity contribution is 7.09. The van der Waals surface area contributed by atoms with Gasteiger partial charge in [0.15, 0.2) is 5.69 Å². The van der Waals surface area contributed by atoms with Crippen LogP contribution in [0.4, 0.5) is 0 Å². The molecule has 0 N–H and O–H groups in total. The van der Waals surface area contributed by atoms with Gasteiger partial charge >= 0.3 is 5.97 Å². The number of halogens is 2. The number of thiazole rings is 1. The first-order chi connectivity index (χ1) is 12.0. The maximum Gasteiger partial charge on any atom is 0.357 e. The summed E-state index contributed by atoms with van der Waals surface area (Å²) >= 11 is 13.3. The minimum Gasteiger partial charge on any atom is -0.464 e.